The number of hydrogen-bond acceptors (Lipinski definition) is 5. The van der Waals surface area contributed by atoms with E-state index < -0.39 is 0 Å². The average Bonchev–Trinajstić information content (AvgIpc) is 2.55. The van der Waals surface area contributed by atoms with Gasteiger partial charge in [0.15, 0.2) is 0 Å². The van der Waals surface area contributed by atoms with Gasteiger partial charge in [0.25, 0.3) is 6.47 Å². The SMILES string of the molecule is CC(C)(C)OC=O.NCC1C2OCCN12. The lowest BCUT2D eigenvalue weighted by Gasteiger charge is -2.14. The highest BCUT2D eigenvalue weighted by atomic mass is 16.5. The second-order valence-corrected chi connectivity index (χ2v) is 4.63. The molecular formula is C10H20N2O3. The molecule has 0 amide bonds. The topological polar surface area (TPSA) is 64.6 Å². The highest BCUT2D eigenvalue weighted by Gasteiger charge is 2.50. The van der Waals surface area contributed by atoms with Gasteiger partial charge in [-0.3, -0.25) is 9.69 Å². The molecule has 15 heavy (non-hydrogen) atoms. The van der Waals surface area contributed by atoms with Gasteiger partial charge >= 0.3 is 0 Å². The highest BCUT2D eigenvalue weighted by molar-refractivity contribution is 5.37. The Morgan fingerprint density at radius 3 is 2.47 bits per heavy atom. The standard InChI is InChI=1S/C5H10N2O.C5H10O2/c6-3-4-5-7(4)1-2-8-5;1-5(2,3)7-4-6/h4-5H,1-3,6H2;4H,1-3H3. The molecule has 5 heteroatoms. The Bertz CT molecular complexity index is 198. The van der Waals surface area contributed by atoms with E-state index in [1.165, 1.54) is 0 Å². The van der Waals surface area contributed by atoms with E-state index in [1.54, 1.807) is 0 Å². The molecule has 0 aromatic carbocycles. The summed E-state index contributed by atoms with van der Waals surface area (Å²) in [6.07, 6.45) is 0.403. The van der Waals surface area contributed by atoms with Crippen LogP contribution in [0, 0.1) is 0 Å². The minimum Gasteiger partial charge on any atom is -0.462 e. The quantitative estimate of drug-likeness (QED) is 0.517. The third kappa shape index (κ3) is 3.77. The fourth-order valence-electron chi connectivity index (χ4n) is 1.48. The Morgan fingerprint density at radius 1 is 1.60 bits per heavy atom. The summed E-state index contributed by atoms with van der Waals surface area (Å²) in [6.45, 7) is 8.67. The Labute approximate surface area is 90.5 Å². The molecule has 0 aromatic rings. The van der Waals surface area contributed by atoms with Crippen LogP contribution >= 0.6 is 0 Å². The molecule has 0 aromatic heterocycles. The number of carbonyl (C=O) groups is 1. The van der Waals surface area contributed by atoms with Gasteiger partial charge in [0.05, 0.1) is 12.6 Å². The zero-order valence-corrected chi connectivity index (χ0v) is 9.60. The van der Waals surface area contributed by atoms with Crippen LogP contribution in [0.15, 0.2) is 0 Å². The van der Waals surface area contributed by atoms with E-state index in [-0.39, 0.29) is 5.60 Å². The van der Waals surface area contributed by atoms with Gasteiger partial charge in [0, 0.05) is 13.1 Å². The van der Waals surface area contributed by atoms with Crippen LogP contribution in [0.1, 0.15) is 20.8 Å². The number of carbonyl (C=O) groups excluding carboxylic acids is 1. The second-order valence-electron chi connectivity index (χ2n) is 4.63. The summed E-state index contributed by atoms with van der Waals surface area (Å²) in [5.41, 5.74) is 5.08. The molecular weight excluding hydrogens is 196 g/mol. The number of nitrogens with zero attached hydrogens (tertiary/aromatic N) is 1. The van der Waals surface area contributed by atoms with Crippen molar-refractivity contribution in [2.45, 2.75) is 38.6 Å². The molecule has 0 aliphatic carbocycles. The van der Waals surface area contributed by atoms with Gasteiger partial charge in [-0.25, -0.2) is 0 Å². The highest BCUT2D eigenvalue weighted by Crippen LogP contribution is 2.32. The minimum absolute atomic E-state index is 0.318. The third-order valence-corrected chi connectivity index (χ3v) is 2.27. The van der Waals surface area contributed by atoms with E-state index in [9.17, 15) is 4.79 Å². The maximum atomic E-state index is 9.60. The number of fused-ring (bicyclic) bond motifs is 1. The predicted octanol–water partition coefficient (Wildman–Crippen LogP) is -0.0565. The van der Waals surface area contributed by atoms with Crippen molar-refractivity contribution in [3.05, 3.63) is 0 Å². The molecule has 0 bridgehead atoms. The maximum Gasteiger partial charge on any atom is 0.293 e. The molecule has 5 nitrogen and oxygen atoms in total. The maximum absolute atomic E-state index is 9.60. The van der Waals surface area contributed by atoms with Crippen molar-refractivity contribution in [2.24, 2.45) is 5.73 Å². The van der Waals surface area contributed by atoms with Gasteiger partial charge in [-0.05, 0) is 20.8 Å². The molecule has 3 unspecified atom stereocenters. The van der Waals surface area contributed by atoms with Crippen molar-refractivity contribution in [2.75, 3.05) is 19.7 Å². The number of morpholine rings is 1. The summed E-state index contributed by atoms with van der Waals surface area (Å²) in [4.78, 5) is 11.9. The van der Waals surface area contributed by atoms with Crippen molar-refractivity contribution in [1.29, 1.82) is 0 Å². The summed E-state index contributed by atoms with van der Waals surface area (Å²) in [6, 6.07) is 0.559. The summed E-state index contributed by atoms with van der Waals surface area (Å²) >= 11 is 0. The summed E-state index contributed by atoms with van der Waals surface area (Å²) < 4.78 is 9.82. The largest absolute Gasteiger partial charge is 0.462 e. The van der Waals surface area contributed by atoms with E-state index in [2.05, 4.69) is 9.64 Å². The number of hydrogen-bond donors (Lipinski definition) is 1. The Kier molecular flexibility index (Phi) is 4.07. The minimum atomic E-state index is -0.318. The second kappa shape index (κ2) is 4.92. The van der Waals surface area contributed by atoms with Crippen molar-refractivity contribution in [1.82, 2.24) is 4.90 Å². The summed E-state index contributed by atoms with van der Waals surface area (Å²) in [7, 11) is 0. The lowest BCUT2D eigenvalue weighted by Crippen LogP contribution is -2.17. The number of ether oxygens (including phenoxy) is 2. The fraction of sp³-hybridized carbons (Fsp3) is 0.900. The van der Waals surface area contributed by atoms with Gasteiger partial charge < -0.3 is 15.2 Å². The first-order valence-electron chi connectivity index (χ1n) is 5.18. The van der Waals surface area contributed by atoms with Crippen LogP contribution in [0.5, 0.6) is 0 Å². The van der Waals surface area contributed by atoms with Crippen molar-refractivity contribution in [3.8, 4) is 0 Å². The van der Waals surface area contributed by atoms with Gasteiger partial charge in [-0.1, -0.05) is 0 Å². The van der Waals surface area contributed by atoms with Crippen LogP contribution in [0.2, 0.25) is 0 Å². The Hall–Kier alpha value is -0.650. The molecule has 0 spiro atoms. The predicted molar refractivity (Wildman–Crippen MR) is 56.2 cm³/mol. The van der Waals surface area contributed by atoms with Crippen LogP contribution in [-0.4, -0.2) is 48.9 Å². The number of nitrogens with two attached hydrogens (primary N) is 1. The van der Waals surface area contributed by atoms with Crippen LogP contribution in [0.25, 0.3) is 0 Å². The first-order valence-corrected chi connectivity index (χ1v) is 5.18. The Morgan fingerprint density at radius 2 is 2.27 bits per heavy atom. The van der Waals surface area contributed by atoms with Gasteiger partial charge in [0.1, 0.15) is 11.8 Å². The van der Waals surface area contributed by atoms with E-state index in [0.717, 1.165) is 19.7 Å². The molecule has 2 aliphatic heterocycles. The molecule has 2 rings (SSSR count). The molecule has 3 atom stereocenters. The molecule has 0 radical (unpaired) electrons. The van der Waals surface area contributed by atoms with E-state index in [1.807, 2.05) is 20.8 Å². The first-order chi connectivity index (χ1) is 6.99. The normalized spacial score (nSPS) is 32.4. The molecule has 88 valence electrons. The average molecular weight is 216 g/mol. The zero-order valence-electron chi connectivity index (χ0n) is 9.60. The first kappa shape index (κ1) is 12.4. The van der Waals surface area contributed by atoms with E-state index in [0.29, 0.717) is 18.7 Å². The summed E-state index contributed by atoms with van der Waals surface area (Å²) in [5, 5.41) is 0. The van der Waals surface area contributed by atoms with Gasteiger partial charge in [0.2, 0.25) is 0 Å². The Balaban J connectivity index is 0.000000153. The molecule has 2 fully saturated rings. The lowest BCUT2D eigenvalue weighted by atomic mass is 10.2. The molecule has 2 N–H and O–H groups in total. The van der Waals surface area contributed by atoms with Gasteiger partial charge in [-0.2, -0.15) is 0 Å². The number of rotatable bonds is 2. The lowest BCUT2D eigenvalue weighted by molar-refractivity contribution is -0.138. The monoisotopic (exact) mass is 216 g/mol. The zero-order chi connectivity index (χ0) is 11.5. The fourth-order valence-corrected chi connectivity index (χ4v) is 1.48. The smallest absolute Gasteiger partial charge is 0.293 e. The summed E-state index contributed by atoms with van der Waals surface area (Å²) in [5.74, 6) is 0. The van der Waals surface area contributed by atoms with Crippen molar-refractivity contribution < 1.29 is 14.3 Å². The van der Waals surface area contributed by atoms with Crippen molar-refractivity contribution >= 4 is 6.47 Å². The van der Waals surface area contributed by atoms with Crippen molar-refractivity contribution in [3.63, 3.8) is 0 Å². The third-order valence-electron chi connectivity index (χ3n) is 2.27. The van der Waals surface area contributed by atoms with E-state index in [4.69, 9.17) is 10.5 Å². The molecule has 2 aliphatic rings. The molecule has 2 saturated heterocycles. The van der Waals surface area contributed by atoms with Crippen LogP contribution in [-0.2, 0) is 14.3 Å². The van der Waals surface area contributed by atoms with Gasteiger partial charge in [-0.15, -0.1) is 0 Å². The van der Waals surface area contributed by atoms with Crippen LogP contribution in [0.3, 0.4) is 0 Å². The molecule has 0 saturated carbocycles. The molecule has 2 heterocycles. The van der Waals surface area contributed by atoms with Crippen LogP contribution < -0.4 is 5.73 Å². The van der Waals surface area contributed by atoms with Crippen LogP contribution in [0.4, 0.5) is 0 Å². The van der Waals surface area contributed by atoms with E-state index >= 15 is 0 Å².